The first kappa shape index (κ1) is 18.5. The summed E-state index contributed by atoms with van der Waals surface area (Å²) in [4.78, 5) is 14.9. The number of nitrogens with zero attached hydrogens (tertiary/aromatic N) is 1. The number of anilines is 1. The number of carbonyl (C=O) groups is 1. The Labute approximate surface area is 150 Å². The van der Waals surface area contributed by atoms with E-state index >= 15 is 0 Å². The van der Waals surface area contributed by atoms with Gasteiger partial charge in [0.05, 0.1) is 6.61 Å². The summed E-state index contributed by atoms with van der Waals surface area (Å²) >= 11 is 0. The molecule has 2 aromatic rings. The zero-order valence-corrected chi connectivity index (χ0v) is 14.7. The van der Waals surface area contributed by atoms with Crippen LogP contribution in [0.3, 0.4) is 0 Å². The zero-order chi connectivity index (χ0) is 18.1. The van der Waals surface area contributed by atoms with Crippen molar-refractivity contribution in [3.05, 3.63) is 91.5 Å². The Morgan fingerprint density at radius 1 is 1.08 bits per heavy atom. The minimum absolute atomic E-state index is 0.194. The van der Waals surface area contributed by atoms with E-state index in [9.17, 15) is 4.79 Å². The Kier molecular flexibility index (Phi) is 7.02. The van der Waals surface area contributed by atoms with Gasteiger partial charge in [-0.15, -0.1) is 13.2 Å². The van der Waals surface area contributed by atoms with Gasteiger partial charge in [0.15, 0.2) is 0 Å². The van der Waals surface area contributed by atoms with E-state index in [1.165, 1.54) is 0 Å². The normalized spacial score (nSPS) is 12.7. The van der Waals surface area contributed by atoms with E-state index in [-0.39, 0.29) is 11.9 Å². The van der Waals surface area contributed by atoms with E-state index in [1.807, 2.05) is 78.6 Å². The smallest absolute Gasteiger partial charge is 0.329 e. The predicted octanol–water partition coefficient (Wildman–Crippen LogP) is 4.58. The van der Waals surface area contributed by atoms with Gasteiger partial charge in [0.25, 0.3) is 0 Å². The zero-order valence-electron chi connectivity index (χ0n) is 14.7. The maximum Gasteiger partial charge on any atom is 0.329 e. The molecule has 0 heterocycles. The average Bonchev–Trinajstić information content (AvgIpc) is 2.66. The molecule has 0 spiro atoms. The summed E-state index contributed by atoms with van der Waals surface area (Å²) in [6, 6.07) is 19.2. The number of hydrogen-bond donors (Lipinski definition) is 0. The fourth-order valence-electron chi connectivity index (χ4n) is 2.96. The van der Waals surface area contributed by atoms with Crippen LogP contribution < -0.4 is 4.90 Å². The molecule has 2 atom stereocenters. The average molecular weight is 335 g/mol. The summed E-state index contributed by atoms with van der Waals surface area (Å²) in [5.74, 6) is -0.456. The van der Waals surface area contributed by atoms with Crippen LogP contribution in [0.5, 0.6) is 0 Å². The number of benzene rings is 2. The van der Waals surface area contributed by atoms with Gasteiger partial charge in [0, 0.05) is 18.2 Å². The van der Waals surface area contributed by atoms with Crippen molar-refractivity contribution in [1.82, 2.24) is 0 Å². The number of rotatable bonds is 9. The molecule has 0 bridgehead atoms. The SMILES string of the molecule is C=CCN(c1ccccc1)[C@@H](C(=O)OCC)[C@H](C=C)c1ccccc1. The lowest BCUT2D eigenvalue weighted by Crippen LogP contribution is -2.46. The van der Waals surface area contributed by atoms with Crippen LogP contribution in [-0.4, -0.2) is 25.2 Å². The van der Waals surface area contributed by atoms with E-state index in [0.29, 0.717) is 13.2 Å². The topological polar surface area (TPSA) is 29.5 Å². The van der Waals surface area contributed by atoms with Gasteiger partial charge in [0.1, 0.15) is 6.04 Å². The van der Waals surface area contributed by atoms with Crippen LogP contribution in [0, 0.1) is 0 Å². The van der Waals surface area contributed by atoms with Gasteiger partial charge in [-0.05, 0) is 24.6 Å². The standard InChI is InChI=1S/C22H25NO2/c1-4-17-23(19-15-11-8-12-16-19)21(22(24)25-6-3)20(5-2)18-13-9-7-10-14-18/h4-5,7-16,20-21H,1-2,6,17H2,3H3/t20-,21-/m1/s1. The Morgan fingerprint density at radius 2 is 1.68 bits per heavy atom. The third-order valence-electron chi connectivity index (χ3n) is 4.06. The van der Waals surface area contributed by atoms with E-state index in [1.54, 1.807) is 6.08 Å². The lowest BCUT2D eigenvalue weighted by molar-refractivity contribution is -0.145. The summed E-state index contributed by atoms with van der Waals surface area (Å²) in [7, 11) is 0. The molecular weight excluding hydrogens is 310 g/mol. The van der Waals surface area contributed by atoms with Gasteiger partial charge in [0.2, 0.25) is 0 Å². The van der Waals surface area contributed by atoms with Gasteiger partial charge in [-0.2, -0.15) is 0 Å². The van der Waals surface area contributed by atoms with Gasteiger partial charge >= 0.3 is 5.97 Å². The first-order valence-electron chi connectivity index (χ1n) is 8.49. The van der Waals surface area contributed by atoms with Crippen LogP contribution in [0.2, 0.25) is 0 Å². The summed E-state index contributed by atoms with van der Waals surface area (Å²) in [5.41, 5.74) is 1.98. The van der Waals surface area contributed by atoms with Crippen molar-refractivity contribution in [1.29, 1.82) is 0 Å². The maximum atomic E-state index is 12.9. The van der Waals surface area contributed by atoms with E-state index in [0.717, 1.165) is 11.3 Å². The fourth-order valence-corrected chi connectivity index (χ4v) is 2.96. The molecule has 0 amide bonds. The minimum atomic E-state index is -0.514. The molecule has 0 aliphatic heterocycles. The lowest BCUT2D eigenvalue weighted by atomic mass is 9.90. The predicted molar refractivity (Wildman–Crippen MR) is 104 cm³/mol. The highest BCUT2D eigenvalue weighted by Gasteiger charge is 2.34. The van der Waals surface area contributed by atoms with Crippen molar-refractivity contribution < 1.29 is 9.53 Å². The summed E-state index contributed by atoms with van der Waals surface area (Å²) < 4.78 is 5.39. The molecule has 25 heavy (non-hydrogen) atoms. The first-order chi connectivity index (χ1) is 12.2. The molecule has 0 radical (unpaired) electrons. The van der Waals surface area contributed by atoms with Crippen molar-refractivity contribution in [2.45, 2.75) is 18.9 Å². The Bertz CT molecular complexity index is 682. The van der Waals surface area contributed by atoms with Crippen LogP contribution >= 0.6 is 0 Å². The molecule has 0 unspecified atom stereocenters. The van der Waals surface area contributed by atoms with Gasteiger partial charge in [-0.25, -0.2) is 4.79 Å². The quantitative estimate of drug-likeness (QED) is 0.496. The molecule has 0 saturated heterocycles. The number of ether oxygens (including phenoxy) is 1. The summed E-state index contributed by atoms with van der Waals surface area (Å²) in [6.45, 7) is 10.5. The third kappa shape index (κ3) is 4.60. The second-order valence-corrected chi connectivity index (χ2v) is 5.65. The largest absolute Gasteiger partial charge is 0.464 e. The van der Waals surface area contributed by atoms with Crippen LogP contribution in [-0.2, 0) is 9.53 Å². The molecule has 0 fully saturated rings. The van der Waals surface area contributed by atoms with Crippen molar-refractivity contribution in [2.75, 3.05) is 18.1 Å². The maximum absolute atomic E-state index is 12.9. The second-order valence-electron chi connectivity index (χ2n) is 5.65. The molecule has 0 saturated carbocycles. The molecule has 3 heteroatoms. The lowest BCUT2D eigenvalue weighted by Gasteiger charge is -2.35. The van der Waals surface area contributed by atoms with Gasteiger partial charge in [-0.1, -0.05) is 60.7 Å². The molecule has 0 aromatic heterocycles. The number of para-hydroxylation sites is 1. The van der Waals surface area contributed by atoms with Crippen molar-refractivity contribution in [3.8, 4) is 0 Å². The Hall–Kier alpha value is -2.81. The fraction of sp³-hybridized carbons (Fsp3) is 0.227. The molecule has 0 aliphatic rings. The first-order valence-corrected chi connectivity index (χ1v) is 8.49. The van der Waals surface area contributed by atoms with Crippen molar-refractivity contribution in [2.24, 2.45) is 0 Å². The highest BCUT2D eigenvalue weighted by Crippen LogP contribution is 2.29. The Balaban J connectivity index is 2.50. The molecule has 3 nitrogen and oxygen atoms in total. The highest BCUT2D eigenvalue weighted by atomic mass is 16.5. The van der Waals surface area contributed by atoms with Crippen LogP contribution in [0.25, 0.3) is 0 Å². The summed E-state index contributed by atoms with van der Waals surface area (Å²) in [6.07, 6.45) is 3.61. The van der Waals surface area contributed by atoms with Crippen LogP contribution in [0.1, 0.15) is 18.4 Å². The molecule has 2 rings (SSSR count). The minimum Gasteiger partial charge on any atom is -0.464 e. The third-order valence-corrected chi connectivity index (χ3v) is 4.06. The molecule has 130 valence electrons. The van der Waals surface area contributed by atoms with E-state index < -0.39 is 6.04 Å². The van der Waals surface area contributed by atoms with Crippen LogP contribution in [0.4, 0.5) is 5.69 Å². The van der Waals surface area contributed by atoms with Crippen molar-refractivity contribution in [3.63, 3.8) is 0 Å². The Morgan fingerprint density at radius 3 is 2.20 bits per heavy atom. The molecule has 0 aliphatic carbocycles. The monoisotopic (exact) mass is 335 g/mol. The summed E-state index contributed by atoms with van der Waals surface area (Å²) in [5, 5.41) is 0. The molecular formula is C22H25NO2. The van der Waals surface area contributed by atoms with Gasteiger partial charge < -0.3 is 9.64 Å². The highest BCUT2D eigenvalue weighted by molar-refractivity contribution is 5.82. The number of esters is 1. The second kappa shape index (κ2) is 9.48. The van der Waals surface area contributed by atoms with Crippen LogP contribution in [0.15, 0.2) is 86.0 Å². The van der Waals surface area contributed by atoms with E-state index in [2.05, 4.69) is 13.2 Å². The van der Waals surface area contributed by atoms with Crippen molar-refractivity contribution >= 4 is 11.7 Å². The molecule has 0 N–H and O–H groups in total. The number of carbonyl (C=O) groups excluding carboxylic acids is 1. The van der Waals surface area contributed by atoms with Gasteiger partial charge in [-0.3, -0.25) is 0 Å². The number of hydrogen-bond acceptors (Lipinski definition) is 3. The van der Waals surface area contributed by atoms with E-state index in [4.69, 9.17) is 4.74 Å². The molecule has 2 aromatic carbocycles.